The molecule has 2 rings (SSSR count). The van der Waals surface area contributed by atoms with Crippen LogP contribution in [0.5, 0.6) is 0 Å². The first-order chi connectivity index (χ1) is 13.7. The van der Waals surface area contributed by atoms with Gasteiger partial charge in [0.15, 0.2) is 5.13 Å². The van der Waals surface area contributed by atoms with Gasteiger partial charge < -0.3 is 20.1 Å². The maximum Gasteiger partial charge on any atom is 0.347 e. The molecule has 0 radical (unpaired) electrons. The third kappa shape index (κ3) is 5.77. The summed E-state index contributed by atoms with van der Waals surface area (Å²) in [4.78, 5) is 34.8. The van der Waals surface area contributed by atoms with Crippen molar-refractivity contribution in [1.82, 2.24) is 10.3 Å². The molecule has 10 heteroatoms. The number of carboxylic acids is 1. The lowest BCUT2D eigenvalue weighted by atomic mass is 10.0. The summed E-state index contributed by atoms with van der Waals surface area (Å²) in [6, 6.07) is -0.191. The molecule has 1 saturated heterocycles. The van der Waals surface area contributed by atoms with E-state index in [1.54, 1.807) is 14.0 Å². The molecule has 8 nitrogen and oxygen atoms in total. The number of amides is 1. The number of methoxy groups -OCH3 is 1. The number of nitrogens with zero attached hydrogens (tertiary/aromatic N) is 3. The van der Waals surface area contributed by atoms with Gasteiger partial charge in [0.25, 0.3) is 5.91 Å². The lowest BCUT2D eigenvalue weighted by Gasteiger charge is -2.37. The molecule has 0 spiro atoms. The van der Waals surface area contributed by atoms with E-state index in [1.165, 1.54) is 11.3 Å². The van der Waals surface area contributed by atoms with Crippen molar-refractivity contribution in [2.75, 3.05) is 25.1 Å². The van der Waals surface area contributed by atoms with Gasteiger partial charge in [0.05, 0.1) is 17.8 Å². The Balaban J connectivity index is 2.09. The summed E-state index contributed by atoms with van der Waals surface area (Å²) in [5.41, 5.74) is 1.70. The predicted molar refractivity (Wildman–Crippen MR) is 115 cm³/mol. The second-order valence-corrected chi connectivity index (χ2v) is 8.34. The Kier molecular flexibility index (Phi) is 8.18. The number of ether oxygens (including phenoxy) is 1. The average molecular weight is 443 g/mol. The van der Waals surface area contributed by atoms with E-state index in [1.807, 2.05) is 25.7 Å². The van der Waals surface area contributed by atoms with E-state index in [4.69, 9.17) is 16.3 Å². The summed E-state index contributed by atoms with van der Waals surface area (Å²) in [7, 11) is 1.59. The maximum atomic E-state index is 12.5. The van der Waals surface area contributed by atoms with Crippen molar-refractivity contribution in [3.8, 4) is 0 Å². The first-order valence-corrected chi connectivity index (χ1v) is 10.6. The van der Waals surface area contributed by atoms with Gasteiger partial charge in [-0.2, -0.15) is 0 Å². The third-order valence-electron chi connectivity index (χ3n) is 4.67. The van der Waals surface area contributed by atoms with E-state index in [2.05, 4.69) is 15.3 Å². The maximum absolute atomic E-state index is 12.5. The zero-order valence-electron chi connectivity index (χ0n) is 17.3. The number of allylic oxidation sites excluding steroid dienone is 1. The second kappa shape index (κ2) is 10.2. The fourth-order valence-corrected chi connectivity index (χ4v) is 4.11. The summed E-state index contributed by atoms with van der Waals surface area (Å²) < 4.78 is 5.60. The molecular weight excluding hydrogens is 416 g/mol. The van der Waals surface area contributed by atoms with Crippen LogP contribution in [-0.4, -0.2) is 60.0 Å². The van der Waals surface area contributed by atoms with Crippen LogP contribution in [0.2, 0.25) is 0 Å². The highest BCUT2D eigenvalue weighted by atomic mass is 35.5. The van der Waals surface area contributed by atoms with Crippen LogP contribution in [0, 0.1) is 0 Å². The Morgan fingerprint density at radius 2 is 2.10 bits per heavy atom. The SMILES string of the molecule is CCc1nc(N2CCC(NC(=O)C(C)=NC(Cl)=C(C)C)[C@@H](OC)C2)sc1C(=O)O. The van der Waals surface area contributed by atoms with Gasteiger partial charge in [0.1, 0.15) is 15.7 Å². The number of hydrogen-bond donors (Lipinski definition) is 2. The molecule has 2 atom stereocenters. The molecule has 2 heterocycles. The van der Waals surface area contributed by atoms with Crippen LogP contribution in [-0.2, 0) is 16.0 Å². The van der Waals surface area contributed by atoms with Crippen LogP contribution in [0.25, 0.3) is 0 Å². The van der Waals surface area contributed by atoms with Crippen molar-refractivity contribution in [2.24, 2.45) is 4.99 Å². The van der Waals surface area contributed by atoms with E-state index in [-0.39, 0.29) is 28.6 Å². The Morgan fingerprint density at radius 3 is 2.62 bits per heavy atom. The molecule has 1 fully saturated rings. The number of hydrogen-bond acceptors (Lipinski definition) is 7. The number of aliphatic imine (C=N–C) groups is 1. The number of aromatic nitrogens is 1. The van der Waals surface area contributed by atoms with Crippen LogP contribution in [0.15, 0.2) is 15.7 Å². The van der Waals surface area contributed by atoms with Gasteiger partial charge in [-0.05, 0) is 39.2 Å². The molecule has 0 aliphatic carbocycles. The molecule has 0 bridgehead atoms. The lowest BCUT2D eigenvalue weighted by molar-refractivity contribution is -0.116. The summed E-state index contributed by atoms with van der Waals surface area (Å²) in [6.45, 7) is 8.29. The minimum absolute atomic E-state index is 0.191. The van der Waals surface area contributed by atoms with E-state index in [0.717, 1.165) is 5.57 Å². The van der Waals surface area contributed by atoms with Crippen molar-refractivity contribution in [3.63, 3.8) is 0 Å². The van der Waals surface area contributed by atoms with Crippen molar-refractivity contribution >= 4 is 45.7 Å². The second-order valence-electron chi connectivity index (χ2n) is 7.01. The molecule has 1 aliphatic heterocycles. The fourth-order valence-electron chi connectivity index (χ4n) is 2.96. The minimum atomic E-state index is -0.958. The number of aryl methyl sites for hydroxylation is 1. The number of carbonyl (C=O) groups is 2. The van der Waals surface area contributed by atoms with Gasteiger partial charge in [-0.1, -0.05) is 29.9 Å². The number of carbonyl (C=O) groups excluding carboxylic acids is 1. The van der Waals surface area contributed by atoms with Gasteiger partial charge in [-0.25, -0.2) is 14.8 Å². The van der Waals surface area contributed by atoms with Crippen molar-refractivity contribution < 1.29 is 19.4 Å². The largest absolute Gasteiger partial charge is 0.477 e. The van der Waals surface area contributed by atoms with Gasteiger partial charge in [-0.3, -0.25) is 4.79 Å². The number of anilines is 1. The van der Waals surface area contributed by atoms with Gasteiger partial charge >= 0.3 is 5.97 Å². The predicted octanol–water partition coefficient (Wildman–Crippen LogP) is 3.06. The molecule has 1 aromatic heterocycles. The molecule has 0 aromatic carbocycles. The van der Waals surface area contributed by atoms with Crippen LogP contribution < -0.4 is 10.2 Å². The third-order valence-corrected chi connectivity index (χ3v) is 6.28. The average Bonchev–Trinajstić information content (AvgIpc) is 3.12. The minimum Gasteiger partial charge on any atom is -0.477 e. The van der Waals surface area contributed by atoms with Crippen molar-refractivity contribution in [3.05, 3.63) is 21.3 Å². The number of thiazole rings is 1. The summed E-state index contributed by atoms with van der Waals surface area (Å²) in [6.07, 6.45) is 0.935. The first kappa shape index (κ1) is 23.3. The number of rotatable bonds is 7. The number of piperidine rings is 1. The Bertz CT molecular complexity index is 832. The number of nitrogens with one attached hydrogen (secondary N) is 1. The molecule has 1 amide bonds. The van der Waals surface area contributed by atoms with Crippen LogP contribution in [0.1, 0.15) is 49.5 Å². The monoisotopic (exact) mass is 442 g/mol. The first-order valence-electron chi connectivity index (χ1n) is 9.37. The highest BCUT2D eigenvalue weighted by molar-refractivity contribution is 7.17. The molecule has 2 N–H and O–H groups in total. The summed E-state index contributed by atoms with van der Waals surface area (Å²) in [5, 5.41) is 13.3. The van der Waals surface area contributed by atoms with E-state index in [0.29, 0.717) is 41.9 Å². The molecule has 29 heavy (non-hydrogen) atoms. The highest BCUT2D eigenvalue weighted by Crippen LogP contribution is 2.29. The fraction of sp³-hybridized carbons (Fsp3) is 0.579. The highest BCUT2D eigenvalue weighted by Gasteiger charge is 2.33. The quantitative estimate of drug-likeness (QED) is 0.496. The molecule has 160 valence electrons. The van der Waals surface area contributed by atoms with Crippen LogP contribution in [0.4, 0.5) is 5.13 Å². The molecule has 1 aliphatic rings. The van der Waals surface area contributed by atoms with E-state index < -0.39 is 5.97 Å². The molecule has 1 aromatic rings. The lowest BCUT2D eigenvalue weighted by Crippen LogP contribution is -2.55. The number of aromatic carboxylic acids is 1. The smallest absolute Gasteiger partial charge is 0.347 e. The summed E-state index contributed by atoms with van der Waals surface area (Å²) >= 11 is 7.20. The normalized spacial score (nSPS) is 19.8. The number of halogens is 1. The van der Waals surface area contributed by atoms with Gasteiger partial charge in [0, 0.05) is 20.2 Å². The van der Waals surface area contributed by atoms with Crippen LogP contribution >= 0.6 is 22.9 Å². The zero-order chi connectivity index (χ0) is 21.7. The van der Waals surface area contributed by atoms with Crippen LogP contribution in [0.3, 0.4) is 0 Å². The van der Waals surface area contributed by atoms with E-state index >= 15 is 0 Å². The standard InChI is InChI=1S/C19H27ClN4O4S/c1-6-12-15(18(26)27)29-19(23-12)24-8-7-13(14(9-24)28-5)22-17(25)11(4)21-16(20)10(2)3/h13-14H,6-9H2,1-5H3,(H,22,25)(H,26,27)/t13?,14-/m0/s1. The van der Waals surface area contributed by atoms with Gasteiger partial charge in [-0.15, -0.1) is 0 Å². The van der Waals surface area contributed by atoms with Crippen molar-refractivity contribution in [1.29, 1.82) is 0 Å². The van der Waals surface area contributed by atoms with Gasteiger partial charge in [0.2, 0.25) is 0 Å². The Hall–Kier alpha value is -1.97. The van der Waals surface area contributed by atoms with Crippen molar-refractivity contribution in [2.45, 2.75) is 52.7 Å². The zero-order valence-corrected chi connectivity index (χ0v) is 18.9. The molecule has 0 saturated carbocycles. The number of carboxylic acid groups (broad SMARTS) is 1. The summed E-state index contributed by atoms with van der Waals surface area (Å²) in [5.74, 6) is -1.25. The molecule has 1 unspecified atom stereocenters. The Labute approximate surface area is 179 Å². The topological polar surface area (TPSA) is 104 Å². The van der Waals surface area contributed by atoms with E-state index in [9.17, 15) is 14.7 Å². The Morgan fingerprint density at radius 1 is 1.41 bits per heavy atom. The molecular formula is C19H27ClN4O4S.